The molecule has 13 nitrogen and oxygen atoms in total. The Bertz CT molecular complexity index is 953. The zero-order valence-electron chi connectivity index (χ0n) is 22.8. The topological polar surface area (TPSA) is 191 Å². The highest BCUT2D eigenvalue weighted by Gasteiger charge is 2.42. The molecule has 0 aromatic carbocycles. The van der Waals surface area contributed by atoms with Crippen molar-refractivity contribution in [2.75, 3.05) is 19.6 Å². The average Bonchev–Trinajstić information content (AvgIpc) is 3.69. The molecule has 13 heteroatoms. The van der Waals surface area contributed by atoms with E-state index in [1.165, 1.54) is 9.80 Å². The molecule has 0 aliphatic carbocycles. The summed E-state index contributed by atoms with van der Waals surface area (Å²) in [6, 6.07) is -4.15. The first-order valence-electron chi connectivity index (χ1n) is 14.0. The molecular formula is C26H42N6O7. The Kier molecular flexibility index (Phi) is 10.7. The third kappa shape index (κ3) is 7.46. The number of amides is 5. The van der Waals surface area contributed by atoms with E-state index < -0.39 is 59.8 Å². The maximum atomic E-state index is 13.6. The van der Waals surface area contributed by atoms with E-state index in [2.05, 4.69) is 16.0 Å². The lowest BCUT2D eigenvalue weighted by molar-refractivity contribution is -0.150. The molecule has 3 fully saturated rings. The van der Waals surface area contributed by atoms with Crippen molar-refractivity contribution in [2.45, 2.75) is 102 Å². The molecule has 0 saturated carbocycles. The van der Waals surface area contributed by atoms with Crippen molar-refractivity contribution in [3.63, 3.8) is 0 Å². The van der Waals surface area contributed by atoms with Crippen molar-refractivity contribution in [1.29, 1.82) is 0 Å². The van der Waals surface area contributed by atoms with E-state index in [9.17, 15) is 33.9 Å². The second kappa shape index (κ2) is 13.7. The van der Waals surface area contributed by atoms with Crippen LogP contribution < -0.4 is 21.7 Å². The van der Waals surface area contributed by atoms with Crippen LogP contribution in [0.4, 0.5) is 0 Å². The molecule has 218 valence electrons. The van der Waals surface area contributed by atoms with Gasteiger partial charge < -0.3 is 36.6 Å². The Morgan fingerprint density at radius 3 is 2.13 bits per heavy atom. The number of aliphatic carboxylic acids is 1. The first kappa shape index (κ1) is 30.3. The lowest BCUT2D eigenvalue weighted by Gasteiger charge is -2.33. The summed E-state index contributed by atoms with van der Waals surface area (Å²) in [5, 5.41) is 18.2. The van der Waals surface area contributed by atoms with Gasteiger partial charge in [0.15, 0.2) is 0 Å². The van der Waals surface area contributed by atoms with Crippen molar-refractivity contribution in [2.24, 2.45) is 11.7 Å². The van der Waals surface area contributed by atoms with Gasteiger partial charge in [-0.3, -0.25) is 24.0 Å². The molecule has 0 bridgehead atoms. The molecule has 0 aromatic heterocycles. The normalized spacial score (nSPS) is 25.1. The molecule has 3 aliphatic heterocycles. The fraction of sp³-hybridized carbons (Fsp3) is 0.769. The number of carboxylic acids is 1. The van der Waals surface area contributed by atoms with Crippen molar-refractivity contribution in [3.05, 3.63) is 0 Å². The van der Waals surface area contributed by atoms with Crippen LogP contribution >= 0.6 is 0 Å². The third-order valence-electron chi connectivity index (χ3n) is 8.11. The van der Waals surface area contributed by atoms with E-state index in [0.29, 0.717) is 51.6 Å². The summed E-state index contributed by atoms with van der Waals surface area (Å²) >= 11 is 0. The standard InChI is InChI=1S/C26H42N6O7/c1-3-15(2)21(25(37)32-14-6-9-19(32)26(38)39)30-23(35)18-8-5-13-31(18)24(36)17(10-11-20(27)33)29-22(34)16-7-4-12-28-16/h15-19,21,28H,3-14H2,1-2H3,(H2,27,33)(H,29,34)(H,30,35)(H,38,39)/t15-,16-,17-,18-,19-,21-/m0/s1. The summed E-state index contributed by atoms with van der Waals surface area (Å²) < 4.78 is 0. The number of carbonyl (C=O) groups excluding carboxylic acids is 5. The number of rotatable bonds is 12. The number of hydrogen-bond acceptors (Lipinski definition) is 7. The molecule has 3 aliphatic rings. The summed E-state index contributed by atoms with van der Waals surface area (Å²) in [6.07, 6.45) is 3.83. The SMILES string of the molecule is CC[C@H](C)[C@H](NC(=O)[C@@H]1CCCN1C(=O)[C@H](CCC(N)=O)NC(=O)[C@@H]1CCCN1)C(=O)N1CCC[C@H]1C(=O)O. The molecule has 0 spiro atoms. The fourth-order valence-corrected chi connectivity index (χ4v) is 5.63. The van der Waals surface area contributed by atoms with Crippen molar-refractivity contribution in [3.8, 4) is 0 Å². The van der Waals surface area contributed by atoms with E-state index in [-0.39, 0.29) is 31.2 Å². The highest BCUT2D eigenvalue weighted by atomic mass is 16.4. The molecule has 3 saturated heterocycles. The number of carbonyl (C=O) groups is 6. The predicted molar refractivity (Wildman–Crippen MR) is 140 cm³/mol. The molecular weight excluding hydrogens is 508 g/mol. The van der Waals surface area contributed by atoms with Gasteiger partial charge in [-0.05, 0) is 57.4 Å². The molecule has 0 aromatic rings. The van der Waals surface area contributed by atoms with Crippen molar-refractivity contribution in [1.82, 2.24) is 25.8 Å². The van der Waals surface area contributed by atoms with Crippen molar-refractivity contribution < 1.29 is 33.9 Å². The fourth-order valence-electron chi connectivity index (χ4n) is 5.63. The van der Waals surface area contributed by atoms with Crippen LogP contribution in [0.15, 0.2) is 0 Å². The Morgan fingerprint density at radius 2 is 1.56 bits per heavy atom. The van der Waals surface area contributed by atoms with E-state index in [1.807, 2.05) is 13.8 Å². The van der Waals surface area contributed by atoms with E-state index in [0.717, 1.165) is 6.42 Å². The molecule has 0 radical (unpaired) electrons. The van der Waals surface area contributed by atoms with Crippen LogP contribution in [-0.2, 0) is 28.8 Å². The monoisotopic (exact) mass is 550 g/mol. The highest BCUT2D eigenvalue weighted by molar-refractivity contribution is 5.96. The van der Waals surface area contributed by atoms with Crippen molar-refractivity contribution >= 4 is 35.5 Å². The summed E-state index contributed by atoms with van der Waals surface area (Å²) in [4.78, 5) is 79.0. The van der Waals surface area contributed by atoms with E-state index in [1.54, 1.807) is 0 Å². The minimum Gasteiger partial charge on any atom is -0.480 e. The van der Waals surface area contributed by atoms with Gasteiger partial charge in [-0.25, -0.2) is 4.79 Å². The molecule has 6 atom stereocenters. The summed E-state index contributed by atoms with van der Waals surface area (Å²) in [5.41, 5.74) is 5.30. The largest absolute Gasteiger partial charge is 0.480 e. The molecule has 6 N–H and O–H groups in total. The van der Waals surface area contributed by atoms with Gasteiger partial charge in [0, 0.05) is 19.5 Å². The van der Waals surface area contributed by atoms with Gasteiger partial charge in [0.25, 0.3) is 0 Å². The van der Waals surface area contributed by atoms with Gasteiger partial charge >= 0.3 is 5.97 Å². The molecule has 3 heterocycles. The van der Waals surface area contributed by atoms with E-state index in [4.69, 9.17) is 5.73 Å². The highest BCUT2D eigenvalue weighted by Crippen LogP contribution is 2.24. The summed E-state index contributed by atoms with van der Waals surface area (Å²) in [5.74, 6) is -3.68. The van der Waals surface area contributed by atoms with Crippen LogP contribution in [0.1, 0.15) is 71.6 Å². The van der Waals surface area contributed by atoms with Gasteiger partial charge in [0.2, 0.25) is 29.5 Å². The number of nitrogens with one attached hydrogen (secondary N) is 3. The van der Waals surface area contributed by atoms with Crippen LogP contribution in [0.2, 0.25) is 0 Å². The number of nitrogens with two attached hydrogens (primary N) is 1. The first-order chi connectivity index (χ1) is 18.5. The lowest BCUT2D eigenvalue weighted by Crippen LogP contribution is -2.59. The molecule has 5 amide bonds. The van der Waals surface area contributed by atoms with Gasteiger partial charge in [-0.1, -0.05) is 20.3 Å². The number of primary amides is 1. The van der Waals surface area contributed by atoms with Gasteiger partial charge in [-0.15, -0.1) is 0 Å². The van der Waals surface area contributed by atoms with E-state index >= 15 is 0 Å². The second-order valence-electron chi connectivity index (χ2n) is 10.8. The van der Waals surface area contributed by atoms with Crippen LogP contribution in [0.5, 0.6) is 0 Å². The quantitative estimate of drug-likeness (QED) is 0.206. The lowest BCUT2D eigenvalue weighted by atomic mass is 9.96. The zero-order chi connectivity index (χ0) is 28.7. The number of nitrogens with zero attached hydrogens (tertiary/aromatic N) is 2. The predicted octanol–water partition coefficient (Wildman–Crippen LogP) is -0.914. The summed E-state index contributed by atoms with van der Waals surface area (Å²) in [6.45, 7) is 5.00. The maximum Gasteiger partial charge on any atom is 0.326 e. The molecule has 0 unspecified atom stereocenters. The Labute approximate surface area is 228 Å². The summed E-state index contributed by atoms with van der Waals surface area (Å²) in [7, 11) is 0. The Balaban J connectivity index is 1.73. The smallest absolute Gasteiger partial charge is 0.326 e. The number of carboxylic acid groups (broad SMARTS) is 1. The van der Waals surface area contributed by atoms with Crippen LogP contribution in [0.3, 0.4) is 0 Å². The molecule has 3 rings (SSSR count). The zero-order valence-corrected chi connectivity index (χ0v) is 22.8. The van der Waals surface area contributed by atoms with Gasteiger partial charge in [0.1, 0.15) is 24.2 Å². The average molecular weight is 551 g/mol. The van der Waals surface area contributed by atoms with Crippen LogP contribution in [-0.4, -0.2) is 100 Å². The Hall–Kier alpha value is -3.22. The van der Waals surface area contributed by atoms with Gasteiger partial charge in [0.05, 0.1) is 6.04 Å². The molecule has 39 heavy (non-hydrogen) atoms. The second-order valence-corrected chi connectivity index (χ2v) is 10.8. The Morgan fingerprint density at radius 1 is 0.923 bits per heavy atom. The maximum absolute atomic E-state index is 13.6. The number of likely N-dealkylation sites (tertiary alicyclic amines) is 2. The minimum absolute atomic E-state index is 0.0109. The third-order valence-corrected chi connectivity index (χ3v) is 8.11. The first-order valence-corrected chi connectivity index (χ1v) is 14.0. The number of hydrogen-bond donors (Lipinski definition) is 5. The van der Waals surface area contributed by atoms with Gasteiger partial charge in [-0.2, -0.15) is 0 Å². The van der Waals surface area contributed by atoms with Crippen LogP contribution in [0, 0.1) is 5.92 Å². The van der Waals surface area contributed by atoms with Crippen LogP contribution in [0.25, 0.3) is 0 Å². The minimum atomic E-state index is -1.07.